The Balaban J connectivity index is 1.12. The van der Waals surface area contributed by atoms with E-state index in [1.807, 2.05) is 47.8 Å². The minimum absolute atomic E-state index is 0.183. The average molecular weight is 597 g/mol. The third kappa shape index (κ3) is 5.99. The van der Waals surface area contributed by atoms with Crippen LogP contribution in [-0.2, 0) is 9.53 Å². The summed E-state index contributed by atoms with van der Waals surface area (Å²) in [6, 6.07) is 22.8. The summed E-state index contributed by atoms with van der Waals surface area (Å²) in [5.74, 6) is -0.577. The van der Waals surface area contributed by atoms with Crippen molar-refractivity contribution in [2.24, 2.45) is 0 Å². The van der Waals surface area contributed by atoms with Crippen molar-refractivity contribution in [3.8, 4) is 21.1 Å². The van der Waals surface area contributed by atoms with E-state index in [-0.39, 0.29) is 11.8 Å². The van der Waals surface area contributed by atoms with Crippen molar-refractivity contribution in [2.75, 3.05) is 23.0 Å². The predicted molar refractivity (Wildman–Crippen MR) is 164 cm³/mol. The fourth-order valence-corrected chi connectivity index (χ4v) is 6.13. The van der Waals surface area contributed by atoms with Gasteiger partial charge in [-0.05, 0) is 48.5 Å². The van der Waals surface area contributed by atoms with Crippen molar-refractivity contribution < 1.29 is 19.1 Å². The Morgan fingerprint density at radius 3 is 2.45 bits per heavy atom. The standard InChI is InChI=1S/C30H24N6O4S2/c31-25-24(42-30(36-25)33-20-11-9-18(10-12-20)27(38)34-22-13-14-40-29(22)39)28-35-23(16-41-28)19-7-4-8-21(15-19)32-26(37)17-5-2-1-3-6-17/h1-12,15-16,22H,13-14,31H2,(H,32,37)(H,33,36)(H,34,38). The molecule has 2 amide bonds. The lowest BCUT2D eigenvalue weighted by molar-refractivity contribution is -0.139. The van der Waals surface area contributed by atoms with Crippen LogP contribution in [0, 0.1) is 0 Å². The number of thiazole rings is 2. The molecule has 0 aliphatic carbocycles. The minimum atomic E-state index is -0.608. The van der Waals surface area contributed by atoms with Crippen LogP contribution < -0.4 is 21.7 Å². The van der Waals surface area contributed by atoms with Crippen molar-refractivity contribution in [1.29, 1.82) is 0 Å². The number of cyclic esters (lactones) is 1. The molecular formula is C30H24N6O4S2. The van der Waals surface area contributed by atoms with Crippen molar-refractivity contribution in [1.82, 2.24) is 15.3 Å². The third-order valence-electron chi connectivity index (χ3n) is 6.44. The van der Waals surface area contributed by atoms with Crippen molar-refractivity contribution in [2.45, 2.75) is 12.5 Å². The van der Waals surface area contributed by atoms with Gasteiger partial charge in [0.05, 0.1) is 12.3 Å². The van der Waals surface area contributed by atoms with Crippen LogP contribution in [0.3, 0.4) is 0 Å². The topological polar surface area (TPSA) is 148 Å². The lowest BCUT2D eigenvalue weighted by Gasteiger charge is -2.09. The number of hydrogen-bond acceptors (Lipinski definition) is 10. The van der Waals surface area contributed by atoms with Crippen LogP contribution >= 0.6 is 22.7 Å². The van der Waals surface area contributed by atoms with E-state index in [1.165, 1.54) is 22.7 Å². The van der Waals surface area contributed by atoms with Crippen LogP contribution in [0.4, 0.5) is 22.3 Å². The molecule has 42 heavy (non-hydrogen) atoms. The van der Waals surface area contributed by atoms with E-state index in [9.17, 15) is 14.4 Å². The van der Waals surface area contributed by atoms with E-state index in [4.69, 9.17) is 15.5 Å². The molecule has 1 aliphatic rings. The van der Waals surface area contributed by atoms with Gasteiger partial charge in [-0.1, -0.05) is 41.7 Å². The van der Waals surface area contributed by atoms with Crippen LogP contribution in [0.2, 0.25) is 0 Å². The lowest BCUT2D eigenvalue weighted by Crippen LogP contribution is -2.37. The highest BCUT2D eigenvalue weighted by Gasteiger charge is 2.28. The molecule has 5 N–H and O–H groups in total. The van der Waals surface area contributed by atoms with E-state index in [0.29, 0.717) is 40.8 Å². The lowest BCUT2D eigenvalue weighted by atomic mass is 10.1. The van der Waals surface area contributed by atoms with E-state index in [0.717, 1.165) is 26.8 Å². The number of benzene rings is 3. The zero-order valence-electron chi connectivity index (χ0n) is 22.0. The average Bonchev–Trinajstić information content (AvgIpc) is 3.74. The van der Waals surface area contributed by atoms with E-state index in [2.05, 4.69) is 20.9 Å². The van der Waals surface area contributed by atoms with Crippen molar-refractivity contribution >= 4 is 62.8 Å². The van der Waals surface area contributed by atoms with Gasteiger partial charge in [0.1, 0.15) is 21.7 Å². The SMILES string of the molecule is Nc1nc(Nc2ccc(C(=O)NC3CCOC3=O)cc2)sc1-c1nc(-c2cccc(NC(=O)c3ccccc3)c2)cs1. The first kappa shape index (κ1) is 27.1. The molecule has 0 spiro atoms. The van der Waals surface area contributed by atoms with Gasteiger partial charge in [0.25, 0.3) is 11.8 Å². The number of hydrogen-bond donors (Lipinski definition) is 4. The number of ether oxygens (including phenoxy) is 1. The van der Waals surface area contributed by atoms with E-state index in [1.54, 1.807) is 36.4 Å². The first-order valence-electron chi connectivity index (χ1n) is 13.0. The molecule has 2 aromatic heterocycles. The Morgan fingerprint density at radius 1 is 0.905 bits per heavy atom. The van der Waals surface area contributed by atoms with Crippen LogP contribution in [0.25, 0.3) is 21.1 Å². The number of carbonyl (C=O) groups is 3. The largest absolute Gasteiger partial charge is 0.464 e. The Morgan fingerprint density at radius 2 is 1.69 bits per heavy atom. The molecule has 0 bridgehead atoms. The van der Waals surface area contributed by atoms with Gasteiger partial charge in [-0.3, -0.25) is 9.59 Å². The monoisotopic (exact) mass is 596 g/mol. The molecule has 12 heteroatoms. The van der Waals surface area contributed by atoms with Gasteiger partial charge in [0.15, 0.2) is 5.13 Å². The number of anilines is 4. The molecule has 1 saturated heterocycles. The molecule has 10 nitrogen and oxygen atoms in total. The molecule has 1 unspecified atom stereocenters. The van der Waals surface area contributed by atoms with Gasteiger partial charge in [-0.2, -0.15) is 0 Å². The molecule has 3 heterocycles. The quantitative estimate of drug-likeness (QED) is 0.170. The van der Waals surface area contributed by atoms with Crippen molar-refractivity contribution in [3.05, 3.63) is 95.4 Å². The highest BCUT2D eigenvalue weighted by molar-refractivity contribution is 7.23. The molecule has 1 fully saturated rings. The number of aromatic nitrogens is 2. The molecule has 5 aromatic rings. The fourth-order valence-electron chi connectivity index (χ4n) is 4.30. The van der Waals surface area contributed by atoms with Gasteiger partial charge in [-0.15, -0.1) is 11.3 Å². The Kier molecular flexibility index (Phi) is 7.62. The summed E-state index contributed by atoms with van der Waals surface area (Å²) in [6.07, 6.45) is 0.470. The Hall–Kier alpha value is -5.07. The van der Waals surface area contributed by atoms with Gasteiger partial charge in [0.2, 0.25) is 0 Å². The van der Waals surface area contributed by atoms with Gasteiger partial charge < -0.3 is 26.4 Å². The predicted octanol–water partition coefficient (Wildman–Crippen LogP) is 5.56. The smallest absolute Gasteiger partial charge is 0.328 e. The maximum atomic E-state index is 12.6. The van der Waals surface area contributed by atoms with Crippen LogP contribution in [0.5, 0.6) is 0 Å². The number of rotatable bonds is 8. The molecule has 0 radical (unpaired) electrons. The second-order valence-corrected chi connectivity index (χ2v) is 11.2. The highest BCUT2D eigenvalue weighted by Crippen LogP contribution is 2.39. The highest BCUT2D eigenvalue weighted by atomic mass is 32.1. The molecule has 1 atom stereocenters. The fraction of sp³-hybridized carbons (Fsp3) is 0.100. The summed E-state index contributed by atoms with van der Waals surface area (Å²) >= 11 is 2.82. The summed E-state index contributed by atoms with van der Waals surface area (Å²) in [5.41, 5.74) is 10.3. The second-order valence-electron chi connectivity index (χ2n) is 9.36. The van der Waals surface area contributed by atoms with E-state index >= 15 is 0 Å². The van der Waals surface area contributed by atoms with Gasteiger partial charge in [0, 0.05) is 39.9 Å². The van der Waals surface area contributed by atoms with Crippen molar-refractivity contribution in [3.63, 3.8) is 0 Å². The van der Waals surface area contributed by atoms with Gasteiger partial charge in [-0.25, -0.2) is 14.8 Å². The number of carbonyl (C=O) groups excluding carboxylic acids is 3. The van der Waals surface area contributed by atoms with E-state index < -0.39 is 12.0 Å². The molecule has 210 valence electrons. The number of nitrogens with two attached hydrogens (primary N) is 1. The first-order chi connectivity index (χ1) is 20.4. The molecule has 0 saturated carbocycles. The maximum absolute atomic E-state index is 12.6. The Bertz CT molecular complexity index is 1770. The zero-order chi connectivity index (χ0) is 29.1. The number of nitrogens with zero attached hydrogens (tertiary/aromatic N) is 2. The van der Waals surface area contributed by atoms with Crippen LogP contribution in [-0.4, -0.2) is 40.4 Å². The summed E-state index contributed by atoms with van der Waals surface area (Å²) in [4.78, 5) is 46.6. The zero-order valence-corrected chi connectivity index (χ0v) is 23.6. The summed E-state index contributed by atoms with van der Waals surface area (Å²) in [6.45, 7) is 0.315. The summed E-state index contributed by atoms with van der Waals surface area (Å²) in [5, 5.41) is 12.1. The normalized spacial score (nSPS) is 14.3. The number of nitrogen functional groups attached to an aromatic ring is 1. The number of nitrogens with one attached hydrogen (secondary N) is 3. The second kappa shape index (κ2) is 11.8. The number of esters is 1. The number of amides is 2. The molecule has 1 aliphatic heterocycles. The Labute approximate surface area is 248 Å². The van der Waals surface area contributed by atoms with Gasteiger partial charge >= 0.3 is 5.97 Å². The molecular weight excluding hydrogens is 573 g/mol. The third-order valence-corrected chi connectivity index (χ3v) is 8.43. The minimum Gasteiger partial charge on any atom is -0.464 e. The van der Waals surface area contributed by atoms with Crippen LogP contribution in [0.15, 0.2) is 84.2 Å². The summed E-state index contributed by atoms with van der Waals surface area (Å²) < 4.78 is 4.89. The summed E-state index contributed by atoms with van der Waals surface area (Å²) in [7, 11) is 0. The molecule has 6 rings (SSSR count). The first-order valence-corrected chi connectivity index (χ1v) is 14.7. The molecule has 3 aromatic carbocycles. The maximum Gasteiger partial charge on any atom is 0.328 e. The van der Waals surface area contributed by atoms with Crippen LogP contribution in [0.1, 0.15) is 27.1 Å².